The predicted molar refractivity (Wildman–Crippen MR) is 260 cm³/mol. The van der Waals surface area contributed by atoms with Gasteiger partial charge in [-0.1, -0.05) is 186 Å². The molecule has 61 heavy (non-hydrogen) atoms. The van der Waals surface area contributed by atoms with Crippen LogP contribution >= 0.6 is 0 Å². The number of rotatable bonds is 39. The molecule has 0 aromatic rings. The van der Waals surface area contributed by atoms with Gasteiger partial charge in [0.25, 0.3) is 0 Å². The maximum atomic E-state index is 12.7. The zero-order valence-electron chi connectivity index (χ0n) is 38.4. The molecule has 1 unspecified atom stereocenters. The summed E-state index contributed by atoms with van der Waals surface area (Å²) in [6, 6.07) is 0. The molecule has 6 nitrogen and oxygen atoms in total. The van der Waals surface area contributed by atoms with Crippen LogP contribution in [0.25, 0.3) is 0 Å². The molecule has 0 heterocycles. The second-order valence-corrected chi connectivity index (χ2v) is 14.6. The average Bonchev–Trinajstić information content (AvgIpc) is 3.26. The van der Waals surface area contributed by atoms with Gasteiger partial charge in [-0.05, 0) is 103 Å². The van der Waals surface area contributed by atoms with Crippen molar-refractivity contribution in [1.82, 2.24) is 0 Å². The Bertz CT molecular complexity index is 1430. The number of hydrogen-bond acceptors (Lipinski definition) is 6. The van der Waals surface area contributed by atoms with E-state index in [4.69, 9.17) is 14.2 Å². The Morgan fingerprint density at radius 1 is 0.344 bits per heavy atom. The van der Waals surface area contributed by atoms with Gasteiger partial charge in [0.1, 0.15) is 13.2 Å². The van der Waals surface area contributed by atoms with Crippen molar-refractivity contribution in [2.45, 2.75) is 168 Å². The summed E-state index contributed by atoms with van der Waals surface area (Å²) in [6.45, 7) is 6.09. The lowest BCUT2D eigenvalue weighted by molar-refractivity contribution is -0.166. The Morgan fingerprint density at radius 2 is 0.721 bits per heavy atom. The lowest BCUT2D eigenvalue weighted by Gasteiger charge is -2.18. The second-order valence-electron chi connectivity index (χ2n) is 14.6. The fourth-order valence-corrected chi connectivity index (χ4v) is 5.49. The van der Waals surface area contributed by atoms with Crippen molar-refractivity contribution < 1.29 is 28.6 Å². The molecule has 0 N–H and O–H groups in total. The third-order valence-corrected chi connectivity index (χ3v) is 8.89. The smallest absolute Gasteiger partial charge is 0.306 e. The monoisotopic (exact) mass is 839 g/mol. The Labute approximate surface area is 372 Å². The summed E-state index contributed by atoms with van der Waals surface area (Å²) in [5.74, 6) is -1.12. The number of unbranched alkanes of at least 4 members (excludes halogenated alkanes) is 6. The normalized spacial score (nSPS) is 13.4. The Kier molecular flexibility index (Phi) is 44.3. The third-order valence-electron chi connectivity index (χ3n) is 8.89. The van der Waals surface area contributed by atoms with E-state index in [2.05, 4.69) is 148 Å². The highest BCUT2D eigenvalue weighted by molar-refractivity contribution is 5.71. The molecule has 0 bridgehead atoms. The van der Waals surface area contributed by atoms with E-state index in [0.29, 0.717) is 12.8 Å². The van der Waals surface area contributed by atoms with Gasteiger partial charge in [-0.15, -0.1) is 0 Å². The first-order chi connectivity index (χ1) is 30.0. The molecule has 0 aliphatic heterocycles. The fraction of sp³-hybridized carbons (Fsp3) is 0.509. The van der Waals surface area contributed by atoms with Gasteiger partial charge >= 0.3 is 17.9 Å². The van der Waals surface area contributed by atoms with E-state index < -0.39 is 6.10 Å². The number of hydrogen-bond donors (Lipinski definition) is 0. The Morgan fingerprint density at radius 3 is 1.23 bits per heavy atom. The minimum atomic E-state index is -0.844. The van der Waals surface area contributed by atoms with E-state index in [-0.39, 0.29) is 50.4 Å². The molecule has 338 valence electrons. The fourth-order valence-electron chi connectivity index (χ4n) is 5.49. The molecule has 0 radical (unpaired) electrons. The third kappa shape index (κ3) is 46.2. The minimum absolute atomic E-state index is 0.143. The van der Waals surface area contributed by atoms with Gasteiger partial charge in [0.15, 0.2) is 6.10 Å². The molecule has 0 aromatic carbocycles. The van der Waals surface area contributed by atoms with E-state index in [1.807, 2.05) is 18.2 Å². The van der Waals surface area contributed by atoms with E-state index in [9.17, 15) is 14.4 Å². The van der Waals surface area contributed by atoms with Crippen molar-refractivity contribution in [1.29, 1.82) is 0 Å². The van der Waals surface area contributed by atoms with Gasteiger partial charge in [-0.25, -0.2) is 0 Å². The van der Waals surface area contributed by atoms with Crippen molar-refractivity contribution in [3.05, 3.63) is 146 Å². The Hall–Kier alpha value is -4.71. The van der Waals surface area contributed by atoms with Crippen molar-refractivity contribution in [2.75, 3.05) is 13.2 Å². The summed E-state index contributed by atoms with van der Waals surface area (Å²) in [5.41, 5.74) is 0. The molecule has 0 saturated carbocycles. The maximum absolute atomic E-state index is 12.7. The standard InChI is InChI=1S/C55H82O6/c1-4-7-10-13-16-19-22-24-25-26-27-28-29-31-33-36-39-42-45-48-54(57)60-51-52(50-59-53(56)47-44-41-38-35-32-21-18-15-12-9-6-3)61-55(58)49-46-43-40-37-34-30-23-20-17-14-11-8-5-2/h7-12,14,16-21,23-25,27-28,31,33,35,38-39,42,52H,4-6,13,15,22,26,29-30,32,34,36-37,40-41,43-51H2,1-3H3/b10-7-,11-8-,12-9-,17-14-,19-16-,21-18-,23-20-,25-24-,28-27-,33-31-,38-35-,42-39-. The molecule has 0 fully saturated rings. The van der Waals surface area contributed by atoms with Gasteiger partial charge in [0, 0.05) is 19.3 Å². The number of ether oxygens (including phenoxy) is 3. The first-order valence-corrected chi connectivity index (χ1v) is 23.4. The molecule has 0 aromatic heterocycles. The summed E-state index contributed by atoms with van der Waals surface area (Å²) < 4.78 is 16.6. The van der Waals surface area contributed by atoms with E-state index in [1.54, 1.807) is 0 Å². The summed E-state index contributed by atoms with van der Waals surface area (Å²) in [4.78, 5) is 37.8. The molecule has 1 atom stereocenters. The number of esters is 3. The molecule has 0 spiro atoms. The minimum Gasteiger partial charge on any atom is -0.462 e. The first kappa shape index (κ1) is 56.3. The van der Waals surface area contributed by atoms with Crippen LogP contribution in [-0.4, -0.2) is 37.2 Å². The van der Waals surface area contributed by atoms with Crippen LogP contribution in [0.5, 0.6) is 0 Å². The van der Waals surface area contributed by atoms with Crippen LogP contribution in [0.1, 0.15) is 162 Å². The van der Waals surface area contributed by atoms with Crippen molar-refractivity contribution in [3.63, 3.8) is 0 Å². The van der Waals surface area contributed by atoms with Crippen LogP contribution in [0.15, 0.2) is 146 Å². The van der Waals surface area contributed by atoms with Crippen LogP contribution in [-0.2, 0) is 28.6 Å². The zero-order valence-corrected chi connectivity index (χ0v) is 38.4. The number of allylic oxidation sites excluding steroid dienone is 24. The highest BCUT2D eigenvalue weighted by Crippen LogP contribution is 2.11. The van der Waals surface area contributed by atoms with Crippen molar-refractivity contribution >= 4 is 17.9 Å². The van der Waals surface area contributed by atoms with Gasteiger partial charge in [0.2, 0.25) is 0 Å². The van der Waals surface area contributed by atoms with Crippen LogP contribution in [0.4, 0.5) is 0 Å². The molecule has 0 aliphatic carbocycles. The summed E-state index contributed by atoms with van der Waals surface area (Å²) >= 11 is 0. The zero-order chi connectivity index (χ0) is 44.4. The van der Waals surface area contributed by atoms with E-state index in [0.717, 1.165) is 109 Å². The molecule has 0 amide bonds. The lowest BCUT2D eigenvalue weighted by Crippen LogP contribution is -2.30. The van der Waals surface area contributed by atoms with Gasteiger partial charge in [-0.2, -0.15) is 0 Å². The summed E-state index contributed by atoms with van der Waals surface area (Å²) in [7, 11) is 0. The SMILES string of the molecule is CC\C=C/C=C\C=C/CCCCCCCC(=O)OC(COC(=O)CC/C=C\C/C=C\C/C=C\C/C=C\C/C=C\C/C=C\CC)COC(=O)CCC/C=C\C/C=C\C/C=C\CC. The number of carbonyl (C=O) groups excluding carboxylic acids is 3. The van der Waals surface area contributed by atoms with Gasteiger partial charge < -0.3 is 14.2 Å². The lowest BCUT2D eigenvalue weighted by atomic mass is 10.1. The van der Waals surface area contributed by atoms with Crippen molar-refractivity contribution in [3.8, 4) is 0 Å². The van der Waals surface area contributed by atoms with Gasteiger partial charge in [-0.3, -0.25) is 14.4 Å². The topological polar surface area (TPSA) is 78.9 Å². The molecular weight excluding hydrogens is 757 g/mol. The Balaban J connectivity index is 4.60. The molecular formula is C55H82O6. The van der Waals surface area contributed by atoms with E-state index >= 15 is 0 Å². The second kappa shape index (κ2) is 48.0. The van der Waals surface area contributed by atoms with Crippen LogP contribution in [0.3, 0.4) is 0 Å². The number of carbonyl (C=O) groups is 3. The first-order valence-electron chi connectivity index (χ1n) is 23.4. The molecule has 0 aliphatic rings. The largest absolute Gasteiger partial charge is 0.462 e. The molecule has 6 heteroatoms. The summed E-state index contributed by atoms with van der Waals surface area (Å²) in [6.07, 6.45) is 68.5. The maximum Gasteiger partial charge on any atom is 0.306 e. The van der Waals surface area contributed by atoms with Gasteiger partial charge in [0.05, 0.1) is 0 Å². The quantitative estimate of drug-likeness (QED) is 0.0202. The van der Waals surface area contributed by atoms with Crippen molar-refractivity contribution in [2.24, 2.45) is 0 Å². The van der Waals surface area contributed by atoms with E-state index in [1.165, 1.54) is 0 Å². The molecule has 0 rings (SSSR count). The van der Waals surface area contributed by atoms with Crippen LogP contribution < -0.4 is 0 Å². The molecule has 0 saturated heterocycles. The summed E-state index contributed by atoms with van der Waals surface area (Å²) in [5, 5.41) is 0. The highest BCUT2D eigenvalue weighted by atomic mass is 16.6. The van der Waals surface area contributed by atoms with Crippen LogP contribution in [0, 0.1) is 0 Å². The van der Waals surface area contributed by atoms with Crippen LogP contribution in [0.2, 0.25) is 0 Å². The average molecular weight is 839 g/mol. The highest BCUT2D eigenvalue weighted by Gasteiger charge is 2.19. The predicted octanol–water partition coefficient (Wildman–Crippen LogP) is 15.3.